The Morgan fingerprint density at radius 3 is 1.48 bits per heavy atom. The fraction of sp³-hybridized carbons (Fsp3) is 0.312. The predicted molar refractivity (Wildman–Crippen MR) is 147 cm³/mol. The monoisotopic (exact) mass is 437 g/mol. The third-order valence-corrected chi connectivity index (χ3v) is 5.91. The summed E-state index contributed by atoms with van der Waals surface area (Å²) in [5, 5.41) is 0. The highest BCUT2D eigenvalue weighted by molar-refractivity contribution is 5.86. The molecule has 3 aromatic carbocycles. The first-order valence-corrected chi connectivity index (χ1v) is 12.7. The van der Waals surface area contributed by atoms with Gasteiger partial charge in [-0.25, -0.2) is 0 Å². The lowest BCUT2D eigenvalue weighted by molar-refractivity contribution is 0.730. The molecule has 0 amide bonds. The van der Waals surface area contributed by atoms with Gasteiger partial charge in [-0.15, -0.1) is 0 Å². The van der Waals surface area contributed by atoms with Crippen LogP contribution in [0.3, 0.4) is 0 Å². The van der Waals surface area contributed by atoms with Gasteiger partial charge in [-0.05, 0) is 61.1 Å². The zero-order chi connectivity index (χ0) is 23.1. The second kappa shape index (κ2) is 14.2. The van der Waals surface area contributed by atoms with Crippen LogP contribution in [0.2, 0.25) is 0 Å². The molecule has 0 aromatic heterocycles. The molecule has 0 unspecified atom stereocenters. The lowest BCUT2D eigenvalue weighted by Gasteiger charge is -2.28. The highest BCUT2D eigenvalue weighted by Crippen LogP contribution is 2.39. The Hall–Kier alpha value is -3.06. The first kappa shape index (κ1) is 24.6. The van der Waals surface area contributed by atoms with Crippen molar-refractivity contribution in [1.29, 1.82) is 0 Å². The number of anilines is 3. The standard InChI is InChI=1S/C32H39N/c1-3-5-7-9-12-20-28-22-16-18-26-31(28)33(30-24-14-11-15-25-30)32-27-19-17-23-29(32)21-13-10-8-6-4-2/h11-27H,3-10H2,1-2H3. The van der Waals surface area contributed by atoms with E-state index in [9.17, 15) is 0 Å². The Labute approximate surface area is 201 Å². The third-order valence-electron chi connectivity index (χ3n) is 5.91. The number of para-hydroxylation sites is 3. The molecule has 0 saturated heterocycles. The first-order valence-electron chi connectivity index (χ1n) is 12.7. The Morgan fingerprint density at radius 1 is 0.545 bits per heavy atom. The van der Waals surface area contributed by atoms with E-state index in [1.807, 2.05) is 0 Å². The number of allylic oxidation sites excluding steroid dienone is 2. The van der Waals surface area contributed by atoms with Crippen molar-refractivity contribution in [2.24, 2.45) is 0 Å². The van der Waals surface area contributed by atoms with E-state index in [0.29, 0.717) is 0 Å². The minimum atomic E-state index is 1.13. The van der Waals surface area contributed by atoms with E-state index in [1.54, 1.807) is 0 Å². The maximum Gasteiger partial charge on any atom is 0.0534 e. The van der Waals surface area contributed by atoms with Crippen LogP contribution in [-0.4, -0.2) is 0 Å². The molecule has 33 heavy (non-hydrogen) atoms. The summed E-state index contributed by atoms with van der Waals surface area (Å²) in [4.78, 5) is 2.40. The topological polar surface area (TPSA) is 3.24 Å². The molecule has 3 aromatic rings. The van der Waals surface area contributed by atoms with Crippen LogP contribution >= 0.6 is 0 Å². The molecule has 0 aliphatic carbocycles. The molecule has 0 bridgehead atoms. The van der Waals surface area contributed by atoms with Crippen LogP contribution in [0.15, 0.2) is 91.0 Å². The maximum absolute atomic E-state index is 2.40. The van der Waals surface area contributed by atoms with E-state index < -0.39 is 0 Å². The summed E-state index contributed by atoms with van der Waals surface area (Å²) >= 11 is 0. The van der Waals surface area contributed by atoms with Gasteiger partial charge in [-0.1, -0.05) is 118 Å². The predicted octanol–water partition coefficient (Wildman–Crippen LogP) is 10.3. The van der Waals surface area contributed by atoms with Gasteiger partial charge >= 0.3 is 0 Å². The summed E-state index contributed by atoms with van der Waals surface area (Å²) in [5.74, 6) is 0. The van der Waals surface area contributed by atoms with Gasteiger partial charge in [0.15, 0.2) is 0 Å². The van der Waals surface area contributed by atoms with E-state index in [4.69, 9.17) is 0 Å². The van der Waals surface area contributed by atoms with E-state index >= 15 is 0 Å². The maximum atomic E-state index is 2.40. The molecule has 172 valence electrons. The average molecular weight is 438 g/mol. The largest absolute Gasteiger partial charge is 0.309 e. The van der Waals surface area contributed by atoms with E-state index in [-0.39, 0.29) is 0 Å². The minimum absolute atomic E-state index is 1.13. The van der Waals surface area contributed by atoms with Gasteiger partial charge in [0, 0.05) is 5.69 Å². The van der Waals surface area contributed by atoms with Crippen LogP contribution in [0.5, 0.6) is 0 Å². The third kappa shape index (κ3) is 7.49. The van der Waals surface area contributed by atoms with Crippen molar-refractivity contribution in [3.05, 3.63) is 102 Å². The minimum Gasteiger partial charge on any atom is -0.309 e. The molecule has 0 N–H and O–H groups in total. The highest BCUT2D eigenvalue weighted by atomic mass is 15.1. The fourth-order valence-electron chi connectivity index (χ4n) is 4.09. The molecule has 1 heteroatoms. The lowest BCUT2D eigenvalue weighted by Crippen LogP contribution is -2.12. The van der Waals surface area contributed by atoms with Crippen LogP contribution < -0.4 is 4.90 Å². The Kier molecular flexibility index (Phi) is 10.5. The van der Waals surface area contributed by atoms with Crippen molar-refractivity contribution in [3.63, 3.8) is 0 Å². The molecular formula is C32H39N. The van der Waals surface area contributed by atoms with Crippen LogP contribution in [0, 0.1) is 0 Å². The van der Waals surface area contributed by atoms with E-state index in [2.05, 4.69) is 122 Å². The molecule has 1 nitrogen and oxygen atoms in total. The van der Waals surface area contributed by atoms with Gasteiger partial charge in [0.1, 0.15) is 0 Å². The second-order valence-corrected chi connectivity index (χ2v) is 8.58. The molecule has 0 aliphatic rings. The van der Waals surface area contributed by atoms with Gasteiger partial charge in [-0.2, -0.15) is 0 Å². The first-order chi connectivity index (χ1) is 16.3. The van der Waals surface area contributed by atoms with Gasteiger partial charge in [0.2, 0.25) is 0 Å². The molecular weight excluding hydrogens is 398 g/mol. The zero-order valence-corrected chi connectivity index (χ0v) is 20.4. The molecule has 0 radical (unpaired) electrons. The summed E-state index contributed by atoms with van der Waals surface area (Å²) in [6.07, 6.45) is 19.1. The van der Waals surface area contributed by atoms with Crippen molar-refractivity contribution in [1.82, 2.24) is 0 Å². The normalized spacial score (nSPS) is 11.5. The van der Waals surface area contributed by atoms with Crippen molar-refractivity contribution in [2.75, 3.05) is 4.90 Å². The van der Waals surface area contributed by atoms with Crippen LogP contribution in [0.4, 0.5) is 17.1 Å². The number of hydrogen-bond acceptors (Lipinski definition) is 1. The molecule has 0 saturated carbocycles. The average Bonchev–Trinajstić information content (AvgIpc) is 2.86. The Balaban J connectivity index is 1.99. The number of nitrogens with zero attached hydrogens (tertiary/aromatic N) is 1. The summed E-state index contributed by atoms with van der Waals surface area (Å²) in [6.45, 7) is 4.51. The van der Waals surface area contributed by atoms with Gasteiger partial charge < -0.3 is 4.90 Å². The van der Waals surface area contributed by atoms with Crippen LogP contribution in [0.25, 0.3) is 12.2 Å². The SMILES string of the molecule is CCCCCC=Cc1ccccc1N(c1ccccc1)c1ccccc1C=CCCCCC. The Morgan fingerprint density at radius 2 is 1.00 bits per heavy atom. The van der Waals surface area contributed by atoms with Crippen molar-refractivity contribution >= 4 is 29.2 Å². The van der Waals surface area contributed by atoms with Crippen molar-refractivity contribution in [3.8, 4) is 0 Å². The van der Waals surface area contributed by atoms with E-state index in [1.165, 1.54) is 66.7 Å². The fourth-order valence-corrected chi connectivity index (χ4v) is 4.09. The zero-order valence-electron chi connectivity index (χ0n) is 20.4. The molecule has 0 spiro atoms. The smallest absolute Gasteiger partial charge is 0.0534 e. The number of hydrogen-bond donors (Lipinski definition) is 0. The number of rotatable bonds is 13. The summed E-state index contributed by atoms with van der Waals surface area (Å²) in [5.41, 5.74) is 6.10. The number of benzene rings is 3. The molecule has 0 heterocycles. The van der Waals surface area contributed by atoms with Crippen LogP contribution in [-0.2, 0) is 0 Å². The Bertz CT molecular complexity index is 936. The summed E-state index contributed by atoms with van der Waals surface area (Å²) < 4.78 is 0. The van der Waals surface area contributed by atoms with Gasteiger partial charge in [-0.3, -0.25) is 0 Å². The molecule has 0 atom stereocenters. The highest BCUT2D eigenvalue weighted by Gasteiger charge is 2.16. The van der Waals surface area contributed by atoms with Gasteiger partial charge in [0.05, 0.1) is 11.4 Å². The second-order valence-electron chi connectivity index (χ2n) is 8.58. The molecule has 3 rings (SSSR count). The quantitative estimate of drug-likeness (QED) is 0.240. The van der Waals surface area contributed by atoms with Crippen molar-refractivity contribution in [2.45, 2.75) is 65.2 Å². The van der Waals surface area contributed by atoms with Crippen molar-refractivity contribution < 1.29 is 0 Å². The lowest BCUT2D eigenvalue weighted by atomic mass is 10.0. The van der Waals surface area contributed by atoms with E-state index in [0.717, 1.165) is 12.8 Å². The summed E-state index contributed by atoms with van der Waals surface area (Å²) in [6, 6.07) is 28.2. The molecule has 0 fully saturated rings. The van der Waals surface area contributed by atoms with Crippen LogP contribution in [0.1, 0.15) is 76.3 Å². The summed E-state index contributed by atoms with van der Waals surface area (Å²) in [7, 11) is 0. The van der Waals surface area contributed by atoms with Gasteiger partial charge in [0.25, 0.3) is 0 Å². The number of unbranched alkanes of at least 4 members (excludes halogenated alkanes) is 6. The molecule has 0 aliphatic heterocycles.